The number of aromatic amines is 1. The van der Waals surface area contributed by atoms with E-state index in [0.29, 0.717) is 5.82 Å². The SMILES string of the molecule is Cc1ccc(N)[nH+]c1.O=C(O)c1ccc([O-])cc1. The fraction of sp³-hybridized carbons (Fsp3) is 0.0769. The highest BCUT2D eigenvalue weighted by atomic mass is 16.4. The number of anilines is 1. The van der Waals surface area contributed by atoms with Crippen molar-refractivity contribution in [3.63, 3.8) is 0 Å². The van der Waals surface area contributed by atoms with Gasteiger partial charge in [0.15, 0.2) is 0 Å². The predicted octanol–water partition coefficient (Wildman–Crippen LogP) is 0.850. The smallest absolute Gasteiger partial charge is 0.335 e. The number of carboxylic acids is 1. The van der Waals surface area contributed by atoms with Gasteiger partial charge in [-0.2, -0.15) is 0 Å². The van der Waals surface area contributed by atoms with Crippen LogP contribution < -0.4 is 15.8 Å². The minimum absolute atomic E-state index is 0.139. The van der Waals surface area contributed by atoms with E-state index in [-0.39, 0.29) is 11.3 Å². The molecule has 5 heteroatoms. The fourth-order valence-electron chi connectivity index (χ4n) is 1.11. The van der Waals surface area contributed by atoms with Gasteiger partial charge < -0.3 is 10.2 Å². The summed E-state index contributed by atoms with van der Waals surface area (Å²) in [6.07, 6.45) is 1.87. The third-order valence-corrected chi connectivity index (χ3v) is 2.09. The first-order valence-corrected chi connectivity index (χ1v) is 5.23. The first-order valence-electron chi connectivity index (χ1n) is 5.23. The molecule has 2 rings (SSSR count). The second-order valence-electron chi connectivity index (χ2n) is 3.65. The number of nitrogens with two attached hydrogens (primary N) is 1. The summed E-state index contributed by atoms with van der Waals surface area (Å²) >= 11 is 0. The van der Waals surface area contributed by atoms with Crippen molar-refractivity contribution in [2.24, 2.45) is 0 Å². The summed E-state index contributed by atoms with van der Waals surface area (Å²) < 4.78 is 0. The van der Waals surface area contributed by atoms with Crippen LogP contribution in [0, 0.1) is 6.92 Å². The Hall–Kier alpha value is -2.56. The molecule has 0 aliphatic carbocycles. The highest BCUT2D eigenvalue weighted by Gasteiger charge is 1.97. The van der Waals surface area contributed by atoms with Crippen LogP contribution in [-0.2, 0) is 0 Å². The summed E-state index contributed by atoms with van der Waals surface area (Å²) in [5.41, 5.74) is 6.70. The average Bonchev–Trinajstić information content (AvgIpc) is 2.34. The molecule has 0 fully saturated rings. The van der Waals surface area contributed by atoms with E-state index in [9.17, 15) is 9.90 Å². The molecule has 94 valence electrons. The van der Waals surface area contributed by atoms with Crippen molar-refractivity contribution < 1.29 is 20.0 Å². The Balaban J connectivity index is 0.000000184. The second-order valence-corrected chi connectivity index (χ2v) is 3.65. The Kier molecular flexibility index (Phi) is 4.68. The van der Waals surface area contributed by atoms with Crippen LogP contribution in [0.15, 0.2) is 42.6 Å². The van der Waals surface area contributed by atoms with Gasteiger partial charge in [0, 0.05) is 6.07 Å². The number of H-pyrrole nitrogens is 1. The lowest BCUT2D eigenvalue weighted by molar-refractivity contribution is -0.360. The van der Waals surface area contributed by atoms with Crippen LogP contribution >= 0.6 is 0 Å². The number of hydrogen-bond donors (Lipinski definition) is 2. The van der Waals surface area contributed by atoms with E-state index in [0.717, 1.165) is 0 Å². The first-order chi connectivity index (χ1) is 8.49. The number of hydrogen-bond acceptors (Lipinski definition) is 3. The van der Waals surface area contributed by atoms with Crippen LogP contribution in [-0.4, -0.2) is 11.1 Å². The number of rotatable bonds is 1. The third-order valence-electron chi connectivity index (χ3n) is 2.09. The molecule has 5 nitrogen and oxygen atoms in total. The normalized spacial score (nSPS) is 9.17. The van der Waals surface area contributed by atoms with E-state index in [1.807, 2.05) is 25.3 Å². The van der Waals surface area contributed by atoms with Gasteiger partial charge in [0.1, 0.15) is 0 Å². The molecule has 0 spiro atoms. The Bertz CT molecular complexity index is 486. The number of aromatic nitrogens is 1. The highest BCUT2D eigenvalue weighted by molar-refractivity contribution is 5.87. The zero-order valence-corrected chi connectivity index (χ0v) is 9.88. The molecule has 0 bridgehead atoms. The predicted molar refractivity (Wildman–Crippen MR) is 65.0 cm³/mol. The number of carboxylic acid groups (broad SMARTS) is 1. The van der Waals surface area contributed by atoms with Crippen LogP contribution in [0.5, 0.6) is 5.75 Å². The van der Waals surface area contributed by atoms with Crippen molar-refractivity contribution in [1.29, 1.82) is 0 Å². The Morgan fingerprint density at radius 3 is 2.22 bits per heavy atom. The van der Waals surface area contributed by atoms with Gasteiger partial charge in [0.25, 0.3) is 5.82 Å². The molecule has 0 atom stereocenters. The number of nitrogen functional groups attached to an aromatic ring is 1. The molecule has 2 aromatic rings. The van der Waals surface area contributed by atoms with Gasteiger partial charge in [0.2, 0.25) is 0 Å². The topological polar surface area (TPSA) is 101 Å². The van der Waals surface area contributed by atoms with Crippen LogP contribution in [0.2, 0.25) is 0 Å². The minimum atomic E-state index is -1.01. The van der Waals surface area contributed by atoms with Gasteiger partial charge in [-0.25, -0.2) is 9.78 Å². The Morgan fingerprint density at radius 1 is 1.22 bits per heavy atom. The van der Waals surface area contributed by atoms with Gasteiger partial charge in [-0.1, -0.05) is 12.1 Å². The molecule has 0 unspecified atom stereocenters. The van der Waals surface area contributed by atoms with Gasteiger partial charge in [-0.3, -0.25) is 5.73 Å². The third kappa shape index (κ3) is 4.52. The summed E-state index contributed by atoms with van der Waals surface area (Å²) in [4.78, 5) is 13.1. The fourth-order valence-corrected chi connectivity index (χ4v) is 1.11. The van der Waals surface area contributed by atoms with Crippen molar-refractivity contribution in [2.45, 2.75) is 6.92 Å². The van der Waals surface area contributed by atoms with E-state index >= 15 is 0 Å². The standard InChI is InChI=1S/C7H6O3.C6H8N2/c8-6-3-1-5(2-4-6)7(9)10;1-5-2-3-6(7)8-4-5/h1-4,8H,(H,9,10);2-4H,1H3,(H2,7,8). The van der Waals surface area contributed by atoms with Gasteiger partial charge in [-0.15, -0.1) is 5.75 Å². The van der Waals surface area contributed by atoms with E-state index in [4.69, 9.17) is 10.8 Å². The molecule has 18 heavy (non-hydrogen) atoms. The molecule has 0 aliphatic heterocycles. The first kappa shape index (κ1) is 13.5. The maximum absolute atomic E-state index is 10.5. The summed E-state index contributed by atoms with van der Waals surface area (Å²) in [5, 5.41) is 18.8. The minimum Gasteiger partial charge on any atom is -0.872 e. The second kappa shape index (κ2) is 6.24. The van der Waals surface area contributed by atoms with E-state index in [1.165, 1.54) is 29.8 Å². The van der Waals surface area contributed by atoms with E-state index < -0.39 is 5.97 Å². The van der Waals surface area contributed by atoms with Crippen LogP contribution in [0.1, 0.15) is 15.9 Å². The van der Waals surface area contributed by atoms with Crippen molar-refractivity contribution in [2.75, 3.05) is 5.73 Å². The molecule has 0 amide bonds. The van der Waals surface area contributed by atoms with Gasteiger partial charge >= 0.3 is 5.97 Å². The summed E-state index contributed by atoms with van der Waals surface area (Å²) in [6, 6.07) is 8.82. The summed E-state index contributed by atoms with van der Waals surface area (Å²) in [7, 11) is 0. The summed E-state index contributed by atoms with van der Waals surface area (Å²) in [5.74, 6) is -0.486. The number of nitrogens with one attached hydrogen (secondary N) is 1. The molecule has 0 saturated heterocycles. The van der Waals surface area contributed by atoms with Crippen molar-refractivity contribution in [3.8, 4) is 5.75 Å². The Morgan fingerprint density at radius 2 is 1.83 bits per heavy atom. The molecule has 1 aromatic carbocycles. The van der Waals surface area contributed by atoms with Crippen molar-refractivity contribution in [1.82, 2.24) is 0 Å². The molecule has 0 radical (unpaired) electrons. The quantitative estimate of drug-likeness (QED) is 0.778. The largest absolute Gasteiger partial charge is 0.872 e. The van der Waals surface area contributed by atoms with Crippen LogP contribution in [0.25, 0.3) is 0 Å². The van der Waals surface area contributed by atoms with Crippen LogP contribution in [0.3, 0.4) is 0 Å². The van der Waals surface area contributed by atoms with Crippen molar-refractivity contribution in [3.05, 3.63) is 53.7 Å². The number of aromatic carboxylic acids is 1. The number of pyridine rings is 1. The lowest BCUT2D eigenvalue weighted by Crippen LogP contribution is -2.08. The monoisotopic (exact) mass is 246 g/mol. The lowest BCUT2D eigenvalue weighted by atomic mass is 10.2. The lowest BCUT2D eigenvalue weighted by Gasteiger charge is -2.02. The van der Waals surface area contributed by atoms with E-state index in [1.54, 1.807) is 0 Å². The molecular weight excluding hydrogens is 232 g/mol. The van der Waals surface area contributed by atoms with Crippen molar-refractivity contribution >= 4 is 11.8 Å². The maximum atomic E-state index is 10.5. The van der Waals surface area contributed by atoms with Gasteiger partial charge in [0.05, 0.1) is 11.8 Å². The average molecular weight is 246 g/mol. The van der Waals surface area contributed by atoms with E-state index in [2.05, 4.69) is 4.98 Å². The number of aryl methyl sites for hydroxylation is 1. The summed E-state index contributed by atoms with van der Waals surface area (Å²) in [6.45, 7) is 2.01. The zero-order chi connectivity index (χ0) is 13.5. The molecule has 0 saturated carbocycles. The zero-order valence-electron chi connectivity index (χ0n) is 9.88. The maximum Gasteiger partial charge on any atom is 0.335 e. The molecule has 4 N–H and O–H groups in total. The number of carbonyl (C=O) groups is 1. The molecule has 1 heterocycles. The van der Waals surface area contributed by atoms with Crippen LogP contribution in [0.4, 0.5) is 5.82 Å². The molecular formula is C13H14N2O3. The highest BCUT2D eigenvalue weighted by Crippen LogP contribution is 2.05. The molecule has 1 aromatic heterocycles. The Labute approximate surface area is 105 Å². The number of benzene rings is 1. The van der Waals surface area contributed by atoms with Gasteiger partial charge in [-0.05, 0) is 30.7 Å². The molecule has 0 aliphatic rings.